The lowest BCUT2D eigenvalue weighted by atomic mass is 10.2. The number of carbonyl (C=O) groups excluding carboxylic acids is 2. The van der Waals surface area contributed by atoms with Gasteiger partial charge in [0.25, 0.3) is 5.91 Å². The van der Waals surface area contributed by atoms with Gasteiger partial charge >= 0.3 is 5.97 Å². The molecular formula is C12H13IN2O5. The number of carboxylic acid groups (broad SMARTS) is 1. The van der Waals surface area contributed by atoms with Gasteiger partial charge in [-0.05, 0) is 40.8 Å². The lowest BCUT2D eigenvalue weighted by Crippen LogP contribution is -2.41. The Morgan fingerprint density at radius 3 is 2.50 bits per heavy atom. The van der Waals surface area contributed by atoms with Crippen molar-refractivity contribution in [2.45, 2.75) is 12.8 Å². The number of amides is 2. The van der Waals surface area contributed by atoms with E-state index in [-0.39, 0.29) is 12.8 Å². The highest BCUT2D eigenvalue weighted by Gasteiger charge is 2.10. The van der Waals surface area contributed by atoms with Crippen molar-refractivity contribution in [3.05, 3.63) is 27.3 Å². The van der Waals surface area contributed by atoms with E-state index in [0.717, 1.165) is 3.57 Å². The quantitative estimate of drug-likeness (QED) is 0.511. The maximum atomic E-state index is 11.8. The molecule has 2 amide bonds. The molecule has 0 saturated carbocycles. The van der Waals surface area contributed by atoms with E-state index in [1.165, 1.54) is 7.11 Å². The third-order valence-electron chi connectivity index (χ3n) is 2.30. The summed E-state index contributed by atoms with van der Waals surface area (Å²) in [6.45, 7) is 0. The molecule has 0 aliphatic rings. The molecule has 0 fully saturated rings. The van der Waals surface area contributed by atoms with Crippen molar-refractivity contribution in [2.75, 3.05) is 7.11 Å². The first kappa shape index (κ1) is 16.2. The van der Waals surface area contributed by atoms with Crippen molar-refractivity contribution in [3.8, 4) is 5.75 Å². The van der Waals surface area contributed by atoms with E-state index in [0.29, 0.717) is 11.3 Å². The first-order valence-corrected chi connectivity index (χ1v) is 6.66. The third kappa shape index (κ3) is 5.03. The van der Waals surface area contributed by atoms with E-state index in [2.05, 4.69) is 10.9 Å². The zero-order valence-electron chi connectivity index (χ0n) is 10.6. The minimum Gasteiger partial charge on any atom is -0.496 e. The number of hydrogen-bond donors (Lipinski definition) is 3. The maximum Gasteiger partial charge on any atom is 0.303 e. The number of ether oxygens (including phenoxy) is 1. The highest BCUT2D eigenvalue weighted by Crippen LogP contribution is 2.21. The van der Waals surface area contributed by atoms with E-state index in [1.807, 2.05) is 22.6 Å². The summed E-state index contributed by atoms with van der Waals surface area (Å²) in [4.78, 5) is 33.3. The molecule has 0 unspecified atom stereocenters. The van der Waals surface area contributed by atoms with Crippen LogP contribution in [-0.2, 0) is 9.59 Å². The summed E-state index contributed by atoms with van der Waals surface area (Å²) < 4.78 is 5.83. The summed E-state index contributed by atoms with van der Waals surface area (Å²) in [5, 5.41) is 8.42. The van der Waals surface area contributed by atoms with Gasteiger partial charge in [-0.1, -0.05) is 0 Å². The number of carboxylic acids is 1. The number of methoxy groups -OCH3 is 1. The van der Waals surface area contributed by atoms with E-state index in [4.69, 9.17) is 9.84 Å². The zero-order chi connectivity index (χ0) is 15.1. The topological polar surface area (TPSA) is 105 Å². The fourth-order valence-corrected chi connectivity index (χ4v) is 2.02. The van der Waals surface area contributed by atoms with Gasteiger partial charge in [0.05, 0.1) is 17.1 Å². The molecule has 7 nitrogen and oxygen atoms in total. The summed E-state index contributed by atoms with van der Waals surface area (Å²) >= 11 is 2.02. The molecule has 0 radical (unpaired) electrons. The van der Waals surface area contributed by atoms with Crippen LogP contribution in [0.2, 0.25) is 0 Å². The largest absolute Gasteiger partial charge is 0.496 e. The molecule has 1 rings (SSSR count). The van der Waals surface area contributed by atoms with Gasteiger partial charge in [0, 0.05) is 12.0 Å². The van der Waals surface area contributed by atoms with Crippen molar-refractivity contribution in [2.24, 2.45) is 0 Å². The van der Waals surface area contributed by atoms with Crippen LogP contribution in [0.3, 0.4) is 0 Å². The van der Waals surface area contributed by atoms with Gasteiger partial charge in [0.15, 0.2) is 0 Å². The van der Waals surface area contributed by atoms with Crippen molar-refractivity contribution in [3.63, 3.8) is 0 Å². The molecule has 0 atom stereocenters. The average molecular weight is 392 g/mol. The van der Waals surface area contributed by atoms with E-state index < -0.39 is 17.8 Å². The van der Waals surface area contributed by atoms with Crippen LogP contribution in [-0.4, -0.2) is 30.0 Å². The molecule has 0 aliphatic heterocycles. The number of halogens is 1. The van der Waals surface area contributed by atoms with E-state index in [1.54, 1.807) is 18.2 Å². The van der Waals surface area contributed by atoms with Crippen LogP contribution in [0, 0.1) is 3.57 Å². The molecule has 0 spiro atoms. The number of benzene rings is 1. The Morgan fingerprint density at radius 2 is 1.95 bits per heavy atom. The van der Waals surface area contributed by atoms with Crippen molar-refractivity contribution in [1.82, 2.24) is 10.9 Å². The highest BCUT2D eigenvalue weighted by atomic mass is 127. The Labute approximate surface area is 128 Å². The first-order valence-electron chi connectivity index (χ1n) is 5.58. The summed E-state index contributed by atoms with van der Waals surface area (Å²) in [6, 6.07) is 4.81. The number of rotatable bonds is 5. The van der Waals surface area contributed by atoms with Crippen LogP contribution >= 0.6 is 22.6 Å². The van der Waals surface area contributed by atoms with Crippen LogP contribution in [0.5, 0.6) is 5.75 Å². The number of nitrogens with one attached hydrogen (secondary N) is 2. The Kier molecular flexibility index (Phi) is 6.22. The maximum absolute atomic E-state index is 11.8. The van der Waals surface area contributed by atoms with Gasteiger partial charge < -0.3 is 9.84 Å². The minimum atomic E-state index is -1.07. The fourth-order valence-electron chi connectivity index (χ4n) is 1.29. The normalized spacial score (nSPS) is 9.70. The SMILES string of the molecule is COc1ccc(C(=O)NNC(=O)CCC(=O)O)cc1I. The zero-order valence-corrected chi connectivity index (χ0v) is 12.8. The number of aliphatic carboxylic acids is 1. The summed E-state index contributed by atoms with van der Waals surface area (Å²) in [7, 11) is 1.53. The van der Waals surface area contributed by atoms with Gasteiger partial charge in [-0.15, -0.1) is 0 Å². The van der Waals surface area contributed by atoms with E-state index in [9.17, 15) is 14.4 Å². The summed E-state index contributed by atoms with van der Waals surface area (Å²) in [5.74, 6) is -1.48. The smallest absolute Gasteiger partial charge is 0.303 e. The van der Waals surface area contributed by atoms with Gasteiger partial charge in [0.1, 0.15) is 5.75 Å². The van der Waals surface area contributed by atoms with Crippen LogP contribution in [0.25, 0.3) is 0 Å². The molecule has 108 valence electrons. The Balaban J connectivity index is 2.52. The molecule has 0 aromatic heterocycles. The van der Waals surface area contributed by atoms with Crippen LogP contribution < -0.4 is 15.6 Å². The third-order valence-corrected chi connectivity index (χ3v) is 3.14. The molecule has 0 aliphatic carbocycles. The van der Waals surface area contributed by atoms with Crippen molar-refractivity contribution >= 4 is 40.4 Å². The summed E-state index contributed by atoms with van der Waals surface area (Å²) in [6.07, 6.45) is -0.488. The van der Waals surface area contributed by atoms with Crippen molar-refractivity contribution < 1.29 is 24.2 Å². The fraction of sp³-hybridized carbons (Fsp3) is 0.250. The Bertz CT molecular complexity index is 533. The Hall–Kier alpha value is -1.84. The molecule has 20 heavy (non-hydrogen) atoms. The van der Waals surface area contributed by atoms with Gasteiger partial charge in [-0.3, -0.25) is 25.2 Å². The summed E-state index contributed by atoms with van der Waals surface area (Å²) in [5.41, 5.74) is 4.72. The number of hydrazine groups is 1. The number of carbonyl (C=O) groups is 3. The average Bonchev–Trinajstić information content (AvgIpc) is 2.42. The second-order valence-corrected chi connectivity index (χ2v) is 4.91. The van der Waals surface area contributed by atoms with Crippen LogP contribution in [0.1, 0.15) is 23.2 Å². The lowest BCUT2D eigenvalue weighted by Gasteiger charge is -2.08. The van der Waals surface area contributed by atoms with Crippen LogP contribution in [0.4, 0.5) is 0 Å². The molecule has 0 bridgehead atoms. The van der Waals surface area contributed by atoms with Gasteiger partial charge in [0.2, 0.25) is 5.91 Å². The second-order valence-electron chi connectivity index (χ2n) is 3.75. The minimum absolute atomic E-state index is 0.199. The Morgan fingerprint density at radius 1 is 1.25 bits per heavy atom. The molecule has 0 heterocycles. The van der Waals surface area contributed by atoms with Crippen LogP contribution in [0.15, 0.2) is 18.2 Å². The standard InChI is InChI=1S/C12H13IN2O5/c1-20-9-3-2-7(6-8(9)13)12(19)15-14-10(16)4-5-11(17)18/h2-3,6H,4-5H2,1H3,(H,14,16)(H,15,19)(H,17,18). The molecule has 0 saturated heterocycles. The predicted molar refractivity (Wildman–Crippen MR) is 78.2 cm³/mol. The lowest BCUT2D eigenvalue weighted by molar-refractivity contribution is -0.138. The molecule has 1 aromatic carbocycles. The highest BCUT2D eigenvalue weighted by molar-refractivity contribution is 14.1. The molecule has 3 N–H and O–H groups in total. The van der Waals surface area contributed by atoms with Gasteiger partial charge in [-0.2, -0.15) is 0 Å². The molecule has 8 heteroatoms. The number of hydrogen-bond acceptors (Lipinski definition) is 4. The monoisotopic (exact) mass is 392 g/mol. The van der Waals surface area contributed by atoms with E-state index >= 15 is 0 Å². The van der Waals surface area contributed by atoms with Gasteiger partial charge in [-0.25, -0.2) is 0 Å². The predicted octanol–water partition coefficient (Wildman–Crippen LogP) is 0.926. The first-order chi connectivity index (χ1) is 9.43. The van der Waals surface area contributed by atoms with Crippen molar-refractivity contribution in [1.29, 1.82) is 0 Å². The molecular weight excluding hydrogens is 379 g/mol. The molecule has 1 aromatic rings. The second kappa shape index (κ2) is 7.68.